The Labute approximate surface area is 210 Å². The molecule has 0 aliphatic heterocycles. The van der Waals surface area contributed by atoms with E-state index in [9.17, 15) is 14.4 Å². The Hall–Kier alpha value is -4.26. The topological polar surface area (TPSA) is 84.3 Å². The summed E-state index contributed by atoms with van der Waals surface area (Å²) in [5.41, 5.74) is 4.35. The zero-order valence-corrected chi connectivity index (χ0v) is 21.0. The predicted octanol–water partition coefficient (Wildman–Crippen LogP) is 5.02. The highest BCUT2D eigenvalue weighted by Crippen LogP contribution is 2.19. The van der Waals surface area contributed by atoms with Gasteiger partial charge in [0.15, 0.2) is 0 Å². The number of hydrogen-bond donors (Lipinski definition) is 1. The first-order valence-corrected chi connectivity index (χ1v) is 12.0. The molecule has 7 heteroatoms. The van der Waals surface area contributed by atoms with Crippen LogP contribution in [0.15, 0.2) is 77.6 Å². The van der Waals surface area contributed by atoms with Gasteiger partial charge in [-0.05, 0) is 48.2 Å². The van der Waals surface area contributed by atoms with E-state index < -0.39 is 5.56 Å². The van der Waals surface area contributed by atoms with Crippen LogP contribution >= 0.6 is 0 Å². The average molecular weight is 483 g/mol. The van der Waals surface area contributed by atoms with Gasteiger partial charge in [-0.1, -0.05) is 67.9 Å². The summed E-state index contributed by atoms with van der Waals surface area (Å²) in [6, 6.07) is 22.5. The molecular weight excluding hydrogens is 452 g/mol. The highest BCUT2D eigenvalue weighted by Gasteiger charge is 2.22. The minimum Gasteiger partial charge on any atom is -0.325 e. The van der Waals surface area contributed by atoms with Crippen molar-refractivity contribution in [3.05, 3.63) is 99.8 Å². The van der Waals surface area contributed by atoms with Gasteiger partial charge in [0.25, 0.3) is 5.56 Å². The average Bonchev–Trinajstić information content (AvgIpc) is 2.85. The zero-order chi connectivity index (χ0) is 25.8. The number of rotatable bonds is 7. The van der Waals surface area contributed by atoms with Crippen LogP contribution in [0.3, 0.4) is 0 Å². The predicted molar refractivity (Wildman–Crippen MR) is 143 cm³/mol. The van der Waals surface area contributed by atoms with Gasteiger partial charge in [0.1, 0.15) is 6.54 Å². The van der Waals surface area contributed by atoms with E-state index in [0.29, 0.717) is 22.6 Å². The molecule has 2 amide bonds. The van der Waals surface area contributed by atoms with Crippen LogP contribution in [0, 0.1) is 6.92 Å². The molecule has 1 aromatic heterocycles. The van der Waals surface area contributed by atoms with Crippen LogP contribution in [0.25, 0.3) is 11.0 Å². The summed E-state index contributed by atoms with van der Waals surface area (Å²) < 4.78 is 1.38. The standard InChI is InChI=1S/C29H30N4O3/c1-19(2)23-13-15-24(16-14-23)30-27(35)18-33-26-8-6-5-7-25(26)31-28(29(33)36)32(21(4)34)17-22-11-9-20(3)10-12-22/h5-16,19H,17-18H2,1-4H3,(H,30,35). The zero-order valence-electron chi connectivity index (χ0n) is 21.0. The number of benzene rings is 3. The largest absolute Gasteiger partial charge is 0.325 e. The molecule has 0 aliphatic rings. The lowest BCUT2D eigenvalue weighted by Crippen LogP contribution is -2.38. The van der Waals surface area contributed by atoms with E-state index >= 15 is 0 Å². The number of carbonyl (C=O) groups excluding carboxylic acids is 2. The molecular formula is C29H30N4O3. The molecule has 36 heavy (non-hydrogen) atoms. The van der Waals surface area contributed by atoms with Crippen LogP contribution in [0.1, 0.15) is 43.4 Å². The number of hydrogen-bond acceptors (Lipinski definition) is 4. The van der Waals surface area contributed by atoms with E-state index in [2.05, 4.69) is 24.1 Å². The van der Waals surface area contributed by atoms with Crippen LogP contribution in [-0.2, 0) is 22.7 Å². The second-order valence-corrected chi connectivity index (χ2v) is 9.23. The molecule has 0 atom stereocenters. The molecule has 1 N–H and O–H groups in total. The van der Waals surface area contributed by atoms with E-state index in [1.165, 1.54) is 22.0 Å². The fraction of sp³-hybridized carbons (Fsp3) is 0.241. The Morgan fingerprint density at radius 1 is 0.972 bits per heavy atom. The van der Waals surface area contributed by atoms with Crippen molar-refractivity contribution in [2.24, 2.45) is 0 Å². The molecule has 184 valence electrons. The van der Waals surface area contributed by atoms with Gasteiger partial charge in [-0.3, -0.25) is 23.9 Å². The molecule has 0 radical (unpaired) electrons. The lowest BCUT2D eigenvalue weighted by Gasteiger charge is -2.21. The van der Waals surface area contributed by atoms with Gasteiger partial charge in [0, 0.05) is 12.6 Å². The summed E-state index contributed by atoms with van der Waals surface area (Å²) in [5.74, 6) is -0.267. The molecule has 4 aromatic rings. The number of anilines is 2. The Bertz CT molecular complexity index is 1460. The van der Waals surface area contributed by atoms with Crippen molar-refractivity contribution in [3.63, 3.8) is 0 Å². The van der Waals surface area contributed by atoms with Crippen LogP contribution < -0.4 is 15.8 Å². The molecule has 0 saturated heterocycles. The summed E-state index contributed by atoms with van der Waals surface area (Å²) in [5, 5.41) is 2.87. The summed E-state index contributed by atoms with van der Waals surface area (Å²) >= 11 is 0. The summed E-state index contributed by atoms with van der Waals surface area (Å²) in [6.07, 6.45) is 0. The lowest BCUT2D eigenvalue weighted by molar-refractivity contribution is -0.117. The van der Waals surface area contributed by atoms with E-state index in [1.807, 2.05) is 61.5 Å². The molecule has 0 unspecified atom stereocenters. The highest BCUT2D eigenvalue weighted by atomic mass is 16.2. The molecule has 3 aromatic carbocycles. The third kappa shape index (κ3) is 5.51. The Morgan fingerprint density at radius 2 is 1.64 bits per heavy atom. The van der Waals surface area contributed by atoms with E-state index in [4.69, 9.17) is 0 Å². The summed E-state index contributed by atoms with van der Waals surface area (Å²) in [6.45, 7) is 7.59. The van der Waals surface area contributed by atoms with Gasteiger partial charge in [0.05, 0.1) is 17.6 Å². The third-order valence-corrected chi connectivity index (χ3v) is 6.10. The quantitative estimate of drug-likeness (QED) is 0.401. The number of amides is 2. The second-order valence-electron chi connectivity index (χ2n) is 9.23. The third-order valence-electron chi connectivity index (χ3n) is 6.10. The maximum atomic E-state index is 13.6. The number of aromatic nitrogens is 2. The maximum absolute atomic E-state index is 13.6. The molecule has 1 heterocycles. The monoisotopic (exact) mass is 482 g/mol. The first-order valence-electron chi connectivity index (χ1n) is 12.0. The summed E-state index contributed by atoms with van der Waals surface area (Å²) in [4.78, 5) is 45.1. The highest BCUT2D eigenvalue weighted by molar-refractivity contribution is 5.93. The van der Waals surface area contributed by atoms with Crippen LogP contribution in [-0.4, -0.2) is 21.4 Å². The lowest BCUT2D eigenvalue weighted by atomic mass is 10.0. The van der Waals surface area contributed by atoms with Crippen LogP contribution in [0.2, 0.25) is 0 Å². The smallest absolute Gasteiger partial charge is 0.294 e. The van der Waals surface area contributed by atoms with E-state index in [0.717, 1.165) is 11.1 Å². The number of nitrogens with one attached hydrogen (secondary N) is 1. The molecule has 0 saturated carbocycles. The van der Waals surface area contributed by atoms with Gasteiger partial charge in [0.2, 0.25) is 17.6 Å². The Kier molecular flexibility index (Phi) is 7.29. The molecule has 0 fully saturated rings. The fourth-order valence-electron chi connectivity index (χ4n) is 4.02. The molecule has 0 aliphatic carbocycles. The first kappa shape index (κ1) is 24.9. The number of fused-ring (bicyclic) bond motifs is 1. The Balaban J connectivity index is 1.69. The van der Waals surface area contributed by atoms with Crippen LogP contribution in [0.5, 0.6) is 0 Å². The fourth-order valence-corrected chi connectivity index (χ4v) is 4.02. The van der Waals surface area contributed by atoms with Crippen molar-refractivity contribution >= 4 is 34.4 Å². The van der Waals surface area contributed by atoms with Crippen molar-refractivity contribution in [1.82, 2.24) is 9.55 Å². The number of para-hydroxylation sites is 2. The van der Waals surface area contributed by atoms with Crippen molar-refractivity contribution in [2.45, 2.75) is 46.7 Å². The van der Waals surface area contributed by atoms with E-state index in [-0.39, 0.29) is 30.7 Å². The van der Waals surface area contributed by atoms with Crippen molar-refractivity contribution in [1.29, 1.82) is 0 Å². The second kappa shape index (κ2) is 10.6. The molecule has 0 spiro atoms. The molecule has 4 rings (SSSR count). The minimum atomic E-state index is -0.499. The molecule has 7 nitrogen and oxygen atoms in total. The van der Waals surface area contributed by atoms with Crippen molar-refractivity contribution < 1.29 is 9.59 Å². The van der Waals surface area contributed by atoms with Gasteiger partial charge < -0.3 is 5.32 Å². The van der Waals surface area contributed by atoms with Gasteiger partial charge in [-0.15, -0.1) is 0 Å². The summed E-state index contributed by atoms with van der Waals surface area (Å²) in [7, 11) is 0. The number of carbonyl (C=O) groups is 2. The van der Waals surface area contributed by atoms with Crippen molar-refractivity contribution in [3.8, 4) is 0 Å². The van der Waals surface area contributed by atoms with Gasteiger partial charge in [-0.2, -0.15) is 0 Å². The maximum Gasteiger partial charge on any atom is 0.294 e. The number of nitrogens with zero attached hydrogens (tertiary/aromatic N) is 3. The van der Waals surface area contributed by atoms with Crippen LogP contribution in [0.4, 0.5) is 11.5 Å². The number of aryl methyl sites for hydroxylation is 1. The van der Waals surface area contributed by atoms with Gasteiger partial charge in [-0.25, -0.2) is 4.98 Å². The van der Waals surface area contributed by atoms with E-state index in [1.54, 1.807) is 18.2 Å². The first-order chi connectivity index (χ1) is 17.2. The van der Waals surface area contributed by atoms with Crippen molar-refractivity contribution in [2.75, 3.05) is 10.2 Å². The SMILES string of the molecule is CC(=O)N(Cc1ccc(C)cc1)c1nc2ccccc2n(CC(=O)Nc2ccc(C(C)C)cc2)c1=O. The van der Waals surface area contributed by atoms with Gasteiger partial charge >= 0.3 is 0 Å². The Morgan fingerprint density at radius 3 is 2.28 bits per heavy atom. The molecule has 0 bridgehead atoms. The normalized spacial score (nSPS) is 11.0. The minimum absolute atomic E-state index is 0.00383.